The van der Waals surface area contributed by atoms with Crippen LogP contribution in [0.5, 0.6) is 0 Å². The molecule has 1 saturated heterocycles. The minimum absolute atomic E-state index is 0.120. The lowest BCUT2D eigenvalue weighted by atomic mass is 9.94. The van der Waals surface area contributed by atoms with Gasteiger partial charge in [0, 0.05) is 37.9 Å². The van der Waals surface area contributed by atoms with Crippen molar-refractivity contribution in [2.24, 2.45) is 0 Å². The van der Waals surface area contributed by atoms with E-state index >= 15 is 0 Å². The second kappa shape index (κ2) is 7.34. The van der Waals surface area contributed by atoms with E-state index in [2.05, 4.69) is 19.9 Å². The number of imidazole rings is 1. The van der Waals surface area contributed by atoms with Gasteiger partial charge in [0.2, 0.25) is 5.91 Å². The van der Waals surface area contributed by atoms with Crippen molar-refractivity contribution in [1.29, 1.82) is 0 Å². The first kappa shape index (κ1) is 17.5. The fourth-order valence-corrected chi connectivity index (χ4v) is 3.76. The summed E-state index contributed by atoms with van der Waals surface area (Å²) < 4.78 is 0. The average Bonchev–Trinajstić information content (AvgIpc) is 3.08. The van der Waals surface area contributed by atoms with Gasteiger partial charge in [0.1, 0.15) is 11.6 Å². The van der Waals surface area contributed by atoms with Gasteiger partial charge in [-0.1, -0.05) is 12.1 Å². The van der Waals surface area contributed by atoms with E-state index in [0.29, 0.717) is 25.2 Å². The second-order valence-electron chi connectivity index (χ2n) is 7.14. The normalized spacial score (nSPS) is 17.4. The van der Waals surface area contributed by atoms with Crippen LogP contribution >= 0.6 is 0 Å². The van der Waals surface area contributed by atoms with Gasteiger partial charge in [-0.15, -0.1) is 0 Å². The van der Waals surface area contributed by atoms with E-state index in [1.165, 1.54) is 0 Å². The molecule has 140 valence electrons. The molecular formula is C20H23N5O2. The van der Waals surface area contributed by atoms with Crippen LogP contribution < -0.4 is 5.56 Å². The number of benzene rings is 1. The van der Waals surface area contributed by atoms with Crippen LogP contribution in [0, 0.1) is 6.92 Å². The first-order chi connectivity index (χ1) is 13.1. The van der Waals surface area contributed by atoms with Gasteiger partial charge in [0.15, 0.2) is 0 Å². The number of para-hydroxylation sites is 2. The zero-order valence-corrected chi connectivity index (χ0v) is 15.4. The Morgan fingerprint density at radius 1 is 1.26 bits per heavy atom. The van der Waals surface area contributed by atoms with E-state index in [1.807, 2.05) is 29.2 Å². The average molecular weight is 365 g/mol. The number of likely N-dealkylation sites (tertiary alicyclic amines) is 1. The summed E-state index contributed by atoms with van der Waals surface area (Å²) in [5, 5.41) is 0. The molecule has 0 saturated carbocycles. The number of fused-ring (bicyclic) bond motifs is 1. The van der Waals surface area contributed by atoms with E-state index in [9.17, 15) is 9.59 Å². The number of rotatable bonds is 4. The van der Waals surface area contributed by atoms with Crippen LogP contribution in [-0.2, 0) is 11.2 Å². The Balaban J connectivity index is 1.40. The zero-order valence-electron chi connectivity index (χ0n) is 15.4. The van der Waals surface area contributed by atoms with Gasteiger partial charge < -0.3 is 14.9 Å². The minimum Gasteiger partial charge on any atom is -0.342 e. The Labute approximate surface area is 156 Å². The molecule has 3 aromatic rings. The van der Waals surface area contributed by atoms with Gasteiger partial charge in [0.25, 0.3) is 5.56 Å². The summed E-state index contributed by atoms with van der Waals surface area (Å²) in [6.07, 6.45) is 2.89. The number of amides is 1. The van der Waals surface area contributed by atoms with E-state index in [-0.39, 0.29) is 17.4 Å². The maximum atomic E-state index is 12.7. The molecule has 27 heavy (non-hydrogen) atoms. The summed E-state index contributed by atoms with van der Waals surface area (Å²) in [6, 6.07) is 9.42. The summed E-state index contributed by atoms with van der Waals surface area (Å²) in [7, 11) is 0. The summed E-state index contributed by atoms with van der Waals surface area (Å²) in [6.45, 7) is 3.16. The Hall–Kier alpha value is -2.96. The van der Waals surface area contributed by atoms with Gasteiger partial charge in [-0.05, 0) is 31.9 Å². The number of piperidine rings is 1. The number of aromatic amines is 2. The molecule has 0 spiro atoms. The number of aromatic nitrogens is 4. The number of hydrogen-bond donors (Lipinski definition) is 2. The van der Waals surface area contributed by atoms with Crippen LogP contribution in [-0.4, -0.2) is 43.8 Å². The van der Waals surface area contributed by atoms with Crippen molar-refractivity contribution in [1.82, 2.24) is 24.8 Å². The highest BCUT2D eigenvalue weighted by atomic mass is 16.2. The smallest absolute Gasteiger partial charge is 0.251 e. The molecule has 7 heteroatoms. The molecule has 0 aliphatic carbocycles. The maximum absolute atomic E-state index is 12.7. The highest BCUT2D eigenvalue weighted by Crippen LogP contribution is 2.25. The number of carbonyl (C=O) groups is 1. The number of carbonyl (C=O) groups excluding carboxylic acids is 1. The highest BCUT2D eigenvalue weighted by Gasteiger charge is 2.26. The number of H-pyrrole nitrogens is 2. The molecule has 4 rings (SSSR count). The van der Waals surface area contributed by atoms with Gasteiger partial charge in [-0.3, -0.25) is 9.59 Å². The van der Waals surface area contributed by atoms with Crippen molar-refractivity contribution in [3.63, 3.8) is 0 Å². The Kier molecular flexibility index (Phi) is 4.75. The van der Waals surface area contributed by atoms with Crippen molar-refractivity contribution >= 4 is 16.9 Å². The van der Waals surface area contributed by atoms with Crippen molar-refractivity contribution in [3.8, 4) is 0 Å². The van der Waals surface area contributed by atoms with Crippen LogP contribution in [0.3, 0.4) is 0 Å². The van der Waals surface area contributed by atoms with Crippen LogP contribution in [0.1, 0.15) is 42.5 Å². The molecule has 1 atom stereocenters. The lowest BCUT2D eigenvalue weighted by Gasteiger charge is -2.32. The van der Waals surface area contributed by atoms with Crippen LogP contribution in [0.4, 0.5) is 0 Å². The number of nitrogens with one attached hydrogen (secondary N) is 2. The van der Waals surface area contributed by atoms with E-state index in [0.717, 1.165) is 41.9 Å². The van der Waals surface area contributed by atoms with Gasteiger partial charge in [-0.2, -0.15) is 0 Å². The molecule has 2 N–H and O–H groups in total. The maximum Gasteiger partial charge on any atom is 0.251 e. The number of hydrogen-bond acceptors (Lipinski definition) is 4. The summed E-state index contributed by atoms with van der Waals surface area (Å²) in [4.78, 5) is 41.3. The van der Waals surface area contributed by atoms with E-state index in [4.69, 9.17) is 0 Å². The highest BCUT2D eigenvalue weighted by molar-refractivity contribution is 5.77. The van der Waals surface area contributed by atoms with E-state index in [1.54, 1.807) is 13.0 Å². The zero-order chi connectivity index (χ0) is 18.8. The second-order valence-corrected chi connectivity index (χ2v) is 7.14. The third-order valence-electron chi connectivity index (χ3n) is 5.09. The molecular weight excluding hydrogens is 342 g/mol. The summed E-state index contributed by atoms with van der Waals surface area (Å²) in [5.74, 6) is 1.70. The molecule has 7 nitrogen and oxygen atoms in total. The molecule has 1 amide bonds. The molecule has 0 radical (unpaired) electrons. The van der Waals surface area contributed by atoms with Gasteiger partial charge >= 0.3 is 0 Å². The molecule has 1 aliphatic heterocycles. The molecule has 0 unspecified atom stereocenters. The molecule has 1 aromatic carbocycles. The monoisotopic (exact) mass is 365 g/mol. The number of nitrogens with zero attached hydrogens (tertiary/aromatic N) is 3. The lowest BCUT2D eigenvalue weighted by Crippen LogP contribution is -2.39. The van der Waals surface area contributed by atoms with Crippen molar-refractivity contribution in [2.45, 2.75) is 38.5 Å². The molecule has 1 aliphatic rings. The molecule has 1 fully saturated rings. The Bertz CT molecular complexity index is 989. The topological polar surface area (TPSA) is 94.7 Å². The van der Waals surface area contributed by atoms with Crippen LogP contribution in [0.15, 0.2) is 35.1 Å². The van der Waals surface area contributed by atoms with Crippen molar-refractivity contribution in [2.75, 3.05) is 13.1 Å². The fraction of sp³-hybridized carbons (Fsp3) is 0.400. The minimum atomic E-state index is -0.133. The predicted octanol–water partition coefficient (Wildman–Crippen LogP) is 2.29. The first-order valence-electron chi connectivity index (χ1n) is 9.38. The molecule has 2 aromatic heterocycles. The largest absolute Gasteiger partial charge is 0.342 e. The quantitative estimate of drug-likeness (QED) is 0.742. The lowest BCUT2D eigenvalue weighted by molar-refractivity contribution is -0.132. The van der Waals surface area contributed by atoms with E-state index < -0.39 is 0 Å². The van der Waals surface area contributed by atoms with Crippen LogP contribution in [0.25, 0.3) is 11.0 Å². The van der Waals surface area contributed by atoms with Crippen LogP contribution in [0.2, 0.25) is 0 Å². The molecule has 0 bridgehead atoms. The van der Waals surface area contributed by atoms with Crippen molar-refractivity contribution in [3.05, 3.63) is 58.0 Å². The van der Waals surface area contributed by atoms with Gasteiger partial charge in [0.05, 0.1) is 16.7 Å². The number of aryl methyl sites for hydroxylation is 2. The fourth-order valence-electron chi connectivity index (χ4n) is 3.76. The third-order valence-corrected chi connectivity index (χ3v) is 5.09. The predicted molar refractivity (Wildman–Crippen MR) is 103 cm³/mol. The summed E-state index contributed by atoms with van der Waals surface area (Å²) in [5.41, 5.74) is 2.57. The van der Waals surface area contributed by atoms with Crippen molar-refractivity contribution < 1.29 is 4.79 Å². The van der Waals surface area contributed by atoms with Gasteiger partial charge in [-0.25, -0.2) is 9.97 Å². The Morgan fingerprint density at radius 3 is 2.93 bits per heavy atom. The Morgan fingerprint density at radius 2 is 2.11 bits per heavy atom. The standard InChI is InChI=1S/C20H23N5O2/c1-13-21-17(11-19(26)22-13)14-5-4-10-25(12-14)20(27)9-8-18-23-15-6-2-3-7-16(15)24-18/h2-3,6-7,11,14H,4-5,8-10,12H2,1H3,(H,23,24)(H,21,22,26)/t14-/m1/s1. The SMILES string of the molecule is Cc1nc([C@@H]2CCCN(C(=O)CCc3nc4ccccc4[nH]3)C2)cc(=O)[nH]1. The molecule has 3 heterocycles. The first-order valence-corrected chi connectivity index (χ1v) is 9.38. The third kappa shape index (κ3) is 3.92. The summed E-state index contributed by atoms with van der Waals surface area (Å²) >= 11 is 0.